The number of fused-ring (bicyclic) bond motifs is 1. The average Bonchev–Trinajstić information content (AvgIpc) is 3.43. The van der Waals surface area contributed by atoms with Crippen LogP contribution < -0.4 is 0 Å². The molecule has 3 aliphatic rings. The van der Waals surface area contributed by atoms with E-state index in [9.17, 15) is 8.42 Å². The molecule has 1 aromatic rings. The number of hydrogen-bond donors (Lipinski definition) is 0. The third kappa shape index (κ3) is 7.22. The van der Waals surface area contributed by atoms with Gasteiger partial charge in [-0.1, -0.05) is 71.4 Å². The Morgan fingerprint density at radius 1 is 1.10 bits per heavy atom. The lowest BCUT2D eigenvalue weighted by molar-refractivity contribution is -0.170. The highest BCUT2D eigenvalue weighted by molar-refractivity contribution is 7.91. The van der Waals surface area contributed by atoms with Gasteiger partial charge in [0, 0.05) is 13.7 Å². The standard InChI is InChI=1S/C34H54O5S/c1-8-23(3)19-32-27(7)30(22-40(35,36)29-13-11-10-12-14-29)31(38-32)17-15-24(4)25(5)20-28-16-18-33-34(9-2,39-28)21-26(6)37-33/h10-14,23,25-28,30-33H,4,8-9,15-22H2,1-3,5-7H3/t23-,25-,26+,27-,28?,30-,31+,32?,33+,34+/m1/s1/i15T/t15?,23-,25-,26+,27-,28?,30-,31+,32?,33+,34+. The fourth-order valence-corrected chi connectivity index (χ4v) is 9.04. The van der Waals surface area contributed by atoms with Crippen LogP contribution in [0.2, 0.25) is 0 Å². The summed E-state index contributed by atoms with van der Waals surface area (Å²) in [6, 6.07) is 8.73. The summed E-state index contributed by atoms with van der Waals surface area (Å²) in [6.07, 6.45) is 6.98. The molecule has 0 aromatic heterocycles. The van der Waals surface area contributed by atoms with Gasteiger partial charge in [-0.05, 0) is 81.7 Å². The first-order chi connectivity index (χ1) is 19.4. The smallest absolute Gasteiger partial charge is 0.178 e. The second kappa shape index (κ2) is 13.4. The van der Waals surface area contributed by atoms with Crippen molar-refractivity contribution in [3.63, 3.8) is 0 Å². The predicted octanol–water partition coefficient (Wildman–Crippen LogP) is 7.78. The van der Waals surface area contributed by atoms with Crippen LogP contribution in [0.5, 0.6) is 0 Å². The van der Waals surface area contributed by atoms with Crippen LogP contribution in [-0.4, -0.2) is 50.3 Å². The summed E-state index contributed by atoms with van der Waals surface area (Å²) in [5.41, 5.74) is 0.711. The van der Waals surface area contributed by atoms with Crippen LogP contribution in [0.4, 0.5) is 0 Å². The van der Waals surface area contributed by atoms with E-state index < -0.39 is 16.2 Å². The first-order valence-corrected chi connectivity index (χ1v) is 17.4. The highest BCUT2D eigenvalue weighted by atomic mass is 32.2. The number of sulfone groups is 1. The Balaban J connectivity index is 1.42. The fraction of sp³-hybridized carbons (Fsp3) is 0.765. The van der Waals surface area contributed by atoms with Gasteiger partial charge in [-0.15, -0.1) is 0 Å². The van der Waals surface area contributed by atoms with Crippen LogP contribution in [0.15, 0.2) is 47.4 Å². The third-order valence-electron chi connectivity index (χ3n) is 10.2. The van der Waals surface area contributed by atoms with Crippen molar-refractivity contribution in [2.24, 2.45) is 23.7 Å². The largest absolute Gasteiger partial charge is 0.374 e. The first kappa shape index (κ1) is 30.3. The number of rotatable bonds is 13. The molecule has 3 fully saturated rings. The minimum Gasteiger partial charge on any atom is -0.374 e. The monoisotopic (exact) mass is 576 g/mol. The predicted molar refractivity (Wildman–Crippen MR) is 162 cm³/mol. The molecule has 4 rings (SSSR count). The summed E-state index contributed by atoms with van der Waals surface area (Å²) in [7, 11) is -3.47. The normalized spacial score (nSPS) is 37.0. The summed E-state index contributed by atoms with van der Waals surface area (Å²) in [4.78, 5) is 0.360. The summed E-state index contributed by atoms with van der Waals surface area (Å²) in [5.74, 6) is 0.636. The van der Waals surface area contributed by atoms with Gasteiger partial charge >= 0.3 is 0 Å². The van der Waals surface area contributed by atoms with Gasteiger partial charge in [-0.25, -0.2) is 8.42 Å². The van der Waals surface area contributed by atoms with Gasteiger partial charge in [0.15, 0.2) is 9.84 Å². The Labute approximate surface area is 245 Å². The molecule has 6 heteroatoms. The molecule has 0 N–H and O–H groups in total. The van der Waals surface area contributed by atoms with E-state index >= 15 is 0 Å². The van der Waals surface area contributed by atoms with Gasteiger partial charge < -0.3 is 14.2 Å². The first-order valence-electron chi connectivity index (χ1n) is 16.3. The van der Waals surface area contributed by atoms with Gasteiger partial charge in [0.2, 0.25) is 0 Å². The number of allylic oxidation sites excluding steroid dienone is 1. The molecule has 40 heavy (non-hydrogen) atoms. The van der Waals surface area contributed by atoms with Crippen molar-refractivity contribution in [3.8, 4) is 0 Å². The summed E-state index contributed by atoms with van der Waals surface area (Å²) in [6.45, 7) is 17.4. The zero-order valence-electron chi connectivity index (χ0n) is 26.7. The zero-order chi connectivity index (χ0) is 29.9. The third-order valence-corrected chi connectivity index (χ3v) is 12.0. The zero-order valence-corrected chi connectivity index (χ0v) is 26.5. The van der Waals surface area contributed by atoms with Gasteiger partial charge in [-0.2, -0.15) is 0 Å². The molecule has 5 nitrogen and oxygen atoms in total. The van der Waals surface area contributed by atoms with Crippen molar-refractivity contribution in [2.75, 3.05) is 5.75 Å². The van der Waals surface area contributed by atoms with E-state index in [0.29, 0.717) is 17.2 Å². The van der Waals surface area contributed by atoms with Crippen molar-refractivity contribution in [3.05, 3.63) is 42.5 Å². The Morgan fingerprint density at radius 2 is 1.82 bits per heavy atom. The molecule has 3 saturated heterocycles. The van der Waals surface area contributed by atoms with Crippen LogP contribution in [0.25, 0.3) is 0 Å². The molecule has 11 atom stereocenters. The lowest BCUT2D eigenvalue weighted by Gasteiger charge is -2.42. The molecule has 226 valence electrons. The average molecular weight is 577 g/mol. The molecule has 0 radical (unpaired) electrons. The second-order valence-electron chi connectivity index (χ2n) is 13.1. The van der Waals surface area contributed by atoms with Crippen molar-refractivity contribution >= 4 is 9.84 Å². The maximum absolute atomic E-state index is 13.4. The summed E-state index contributed by atoms with van der Waals surface area (Å²) >= 11 is 0. The molecular weight excluding hydrogens is 520 g/mol. The Hall–Kier alpha value is -1.21. The molecule has 3 aliphatic heterocycles. The van der Waals surface area contributed by atoms with Crippen LogP contribution in [0.3, 0.4) is 0 Å². The van der Waals surface area contributed by atoms with Crippen molar-refractivity contribution in [1.82, 2.24) is 0 Å². The van der Waals surface area contributed by atoms with E-state index in [1.807, 2.05) is 6.07 Å². The van der Waals surface area contributed by atoms with E-state index in [0.717, 1.165) is 50.5 Å². The van der Waals surface area contributed by atoms with E-state index in [2.05, 4.69) is 48.1 Å². The molecule has 0 spiro atoms. The molecule has 0 amide bonds. The van der Waals surface area contributed by atoms with Crippen molar-refractivity contribution in [2.45, 2.75) is 140 Å². The van der Waals surface area contributed by atoms with E-state index in [1.54, 1.807) is 24.3 Å². The highest BCUT2D eigenvalue weighted by Crippen LogP contribution is 2.45. The highest BCUT2D eigenvalue weighted by Gasteiger charge is 2.51. The van der Waals surface area contributed by atoms with Crippen molar-refractivity contribution < 1.29 is 24.0 Å². The molecule has 0 saturated carbocycles. The van der Waals surface area contributed by atoms with Crippen LogP contribution in [0, 0.1) is 23.7 Å². The van der Waals surface area contributed by atoms with Gasteiger partial charge in [-0.3, -0.25) is 0 Å². The number of hydrogen-bond acceptors (Lipinski definition) is 5. The molecule has 3 heterocycles. The van der Waals surface area contributed by atoms with Gasteiger partial charge in [0.1, 0.15) is 0 Å². The number of benzene rings is 1. The van der Waals surface area contributed by atoms with Crippen LogP contribution in [-0.2, 0) is 24.0 Å². The van der Waals surface area contributed by atoms with Crippen molar-refractivity contribution in [1.29, 1.82) is 0 Å². The topological polar surface area (TPSA) is 61.8 Å². The SMILES string of the molecule is [3H]C(C[C@@H]1OC(C[C@H](C)CC)[C@H](C)[C@H]1CS(=O)(=O)c1ccccc1)C(=C)[C@H](C)CC1CC[C@@H]2O[C@@H](C)C[C@]2(CC)O1. The maximum atomic E-state index is 13.4. The molecule has 0 bridgehead atoms. The van der Waals surface area contributed by atoms with Crippen LogP contribution >= 0.6 is 0 Å². The van der Waals surface area contributed by atoms with Gasteiger partial charge in [0.05, 0.1) is 46.8 Å². The Bertz CT molecular complexity index is 1110. The minimum atomic E-state index is -3.47. The minimum absolute atomic E-state index is 0.00801. The van der Waals surface area contributed by atoms with Gasteiger partial charge in [0.25, 0.3) is 0 Å². The molecule has 3 unspecified atom stereocenters. The molecule has 0 aliphatic carbocycles. The van der Waals surface area contributed by atoms with E-state index in [4.69, 9.17) is 15.6 Å². The van der Waals surface area contributed by atoms with E-state index in [-0.39, 0.29) is 59.6 Å². The Kier molecular flexibility index (Phi) is 10.1. The Morgan fingerprint density at radius 3 is 2.50 bits per heavy atom. The van der Waals surface area contributed by atoms with Crippen LogP contribution in [0.1, 0.15) is 101 Å². The second-order valence-corrected chi connectivity index (χ2v) is 15.1. The quantitative estimate of drug-likeness (QED) is 0.224. The summed E-state index contributed by atoms with van der Waals surface area (Å²) < 4.78 is 55.5. The van der Waals surface area contributed by atoms with E-state index in [1.165, 1.54) is 0 Å². The lowest BCUT2D eigenvalue weighted by Crippen LogP contribution is -2.48. The maximum Gasteiger partial charge on any atom is 0.178 e. The molecular formula is C34H54O5S. The molecule has 1 aromatic carbocycles. The summed E-state index contributed by atoms with van der Waals surface area (Å²) in [5, 5.41) is 0. The fourth-order valence-electron chi connectivity index (χ4n) is 7.25. The lowest BCUT2D eigenvalue weighted by atomic mass is 9.81. The number of ether oxygens (including phenoxy) is 3.